The minimum atomic E-state index is -4.57. The van der Waals surface area contributed by atoms with Gasteiger partial charge in [0, 0.05) is 11.9 Å². The first kappa shape index (κ1) is 20.3. The summed E-state index contributed by atoms with van der Waals surface area (Å²) in [6, 6.07) is 2.45. The van der Waals surface area contributed by atoms with E-state index in [2.05, 4.69) is 15.0 Å². The summed E-state index contributed by atoms with van der Waals surface area (Å²) < 4.78 is 70.0. The first-order valence-electron chi connectivity index (χ1n) is 8.14. The SMILES string of the molecule is CCSc1cc(OCC(F)F)cnc1-c1nc2cc(C(F)(F)F)ncc2n1C. The molecule has 0 bridgehead atoms. The summed E-state index contributed by atoms with van der Waals surface area (Å²) in [5, 5.41) is 0. The highest BCUT2D eigenvalue weighted by Crippen LogP contribution is 2.34. The molecule has 0 N–H and O–H groups in total. The number of ether oxygens (including phenoxy) is 1. The third kappa shape index (κ3) is 4.18. The molecular formula is C17H15F5N4OS. The van der Waals surface area contributed by atoms with Crippen LogP contribution in [-0.2, 0) is 13.2 Å². The van der Waals surface area contributed by atoms with E-state index in [0.717, 1.165) is 12.3 Å². The zero-order valence-electron chi connectivity index (χ0n) is 14.8. The van der Waals surface area contributed by atoms with Gasteiger partial charge < -0.3 is 9.30 Å². The second-order valence-electron chi connectivity index (χ2n) is 5.70. The molecule has 0 aromatic carbocycles. The lowest BCUT2D eigenvalue weighted by Crippen LogP contribution is -2.07. The van der Waals surface area contributed by atoms with Crippen molar-refractivity contribution < 1.29 is 26.7 Å². The van der Waals surface area contributed by atoms with E-state index < -0.39 is 24.9 Å². The predicted molar refractivity (Wildman–Crippen MR) is 94.6 cm³/mol. The molecule has 0 radical (unpaired) electrons. The van der Waals surface area contributed by atoms with E-state index in [1.807, 2.05) is 6.92 Å². The predicted octanol–water partition coefficient (Wildman–Crippen LogP) is 4.81. The molecule has 3 aromatic heterocycles. The van der Waals surface area contributed by atoms with Crippen LogP contribution in [-0.4, -0.2) is 38.3 Å². The summed E-state index contributed by atoms with van der Waals surface area (Å²) in [7, 11) is 1.64. The van der Waals surface area contributed by atoms with E-state index >= 15 is 0 Å². The molecule has 0 aliphatic heterocycles. The number of rotatable bonds is 6. The Hall–Kier alpha value is -2.43. The van der Waals surface area contributed by atoms with Crippen molar-refractivity contribution in [3.8, 4) is 17.3 Å². The number of aromatic nitrogens is 4. The van der Waals surface area contributed by atoms with E-state index in [4.69, 9.17) is 4.74 Å². The molecule has 0 aliphatic rings. The summed E-state index contributed by atoms with van der Waals surface area (Å²) in [6.45, 7) is 1.14. The Morgan fingerprint density at radius 1 is 1.18 bits per heavy atom. The summed E-state index contributed by atoms with van der Waals surface area (Å²) in [5.74, 6) is 1.18. The lowest BCUT2D eigenvalue weighted by atomic mass is 10.3. The number of imidazole rings is 1. The molecule has 28 heavy (non-hydrogen) atoms. The smallest absolute Gasteiger partial charge is 0.433 e. The molecule has 0 aliphatic carbocycles. The molecule has 0 fully saturated rings. The third-order valence-electron chi connectivity index (χ3n) is 3.77. The van der Waals surface area contributed by atoms with Crippen LogP contribution in [0.4, 0.5) is 22.0 Å². The zero-order chi connectivity index (χ0) is 20.5. The number of alkyl halides is 5. The fourth-order valence-corrected chi connectivity index (χ4v) is 3.34. The lowest BCUT2D eigenvalue weighted by Gasteiger charge is -2.11. The Labute approximate surface area is 161 Å². The molecular weight excluding hydrogens is 403 g/mol. The van der Waals surface area contributed by atoms with Crippen molar-refractivity contribution in [2.24, 2.45) is 7.05 Å². The van der Waals surface area contributed by atoms with Gasteiger partial charge in [-0.15, -0.1) is 11.8 Å². The van der Waals surface area contributed by atoms with Crippen LogP contribution in [0.3, 0.4) is 0 Å². The van der Waals surface area contributed by atoms with Crippen molar-refractivity contribution in [3.63, 3.8) is 0 Å². The number of hydrogen-bond acceptors (Lipinski definition) is 5. The highest BCUT2D eigenvalue weighted by Gasteiger charge is 2.33. The fraction of sp³-hybridized carbons (Fsp3) is 0.353. The molecule has 3 heterocycles. The van der Waals surface area contributed by atoms with Gasteiger partial charge in [-0.2, -0.15) is 13.2 Å². The van der Waals surface area contributed by atoms with Gasteiger partial charge in [-0.25, -0.2) is 23.7 Å². The molecule has 3 aromatic rings. The van der Waals surface area contributed by atoms with E-state index in [1.54, 1.807) is 17.7 Å². The van der Waals surface area contributed by atoms with Crippen molar-refractivity contribution >= 4 is 22.8 Å². The Bertz CT molecular complexity index is 990. The monoisotopic (exact) mass is 418 g/mol. The van der Waals surface area contributed by atoms with Gasteiger partial charge >= 0.3 is 6.18 Å². The summed E-state index contributed by atoms with van der Waals surface area (Å²) >= 11 is 1.39. The van der Waals surface area contributed by atoms with E-state index in [-0.39, 0.29) is 11.3 Å². The topological polar surface area (TPSA) is 52.8 Å². The minimum Gasteiger partial charge on any atom is -0.486 e. The van der Waals surface area contributed by atoms with Crippen LogP contribution in [0.2, 0.25) is 0 Å². The van der Waals surface area contributed by atoms with E-state index in [9.17, 15) is 22.0 Å². The van der Waals surface area contributed by atoms with Crippen molar-refractivity contribution in [2.75, 3.05) is 12.4 Å². The van der Waals surface area contributed by atoms with Gasteiger partial charge in [-0.05, 0) is 17.9 Å². The third-order valence-corrected chi connectivity index (χ3v) is 4.68. The van der Waals surface area contributed by atoms with Crippen molar-refractivity contribution in [1.82, 2.24) is 19.5 Å². The van der Waals surface area contributed by atoms with Crippen LogP contribution in [0.5, 0.6) is 5.75 Å². The maximum Gasteiger partial charge on any atom is 0.433 e. The van der Waals surface area contributed by atoms with Crippen molar-refractivity contribution in [3.05, 3.63) is 30.2 Å². The molecule has 0 amide bonds. The highest BCUT2D eigenvalue weighted by molar-refractivity contribution is 7.99. The number of thioether (sulfide) groups is 1. The van der Waals surface area contributed by atoms with Gasteiger partial charge in [0.15, 0.2) is 5.82 Å². The van der Waals surface area contributed by atoms with Gasteiger partial charge in [-0.1, -0.05) is 6.92 Å². The molecule has 0 saturated heterocycles. The molecule has 0 saturated carbocycles. The van der Waals surface area contributed by atoms with Crippen molar-refractivity contribution in [1.29, 1.82) is 0 Å². The number of aryl methyl sites for hydroxylation is 1. The van der Waals surface area contributed by atoms with Crippen LogP contribution in [0.15, 0.2) is 29.4 Å². The van der Waals surface area contributed by atoms with Gasteiger partial charge in [0.1, 0.15) is 23.7 Å². The van der Waals surface area contributed by atoms with Crippen LogP contribution in [0, 0.1) is 0 Å². The van der Waals surface area contributed by atoms with Gasteiger partial charge in [0.25, 0.3) is 6.43 Å². The molecule has 11 heteroatoms. The largest absolute Gasteiger partial charge is 0.486 e. The summed E-state index contributed by atoms with van der Waals surface area (Å²) in [5.41, 5.74) is -0.0672. The first-order valence-corrected chi connectivity index (χ1v) is 9.13. The lowest BCUT2D eigenvalue weighted by molar-refractivity contribution is -0.141. The quantitative estimate of drug-likeness (QED) is 0.425. The molecule has 0 unspecified atom stereocenters. The number of pyridine rings is 2. The number of halogens is 5. The summed E-state index contributed by atoms with van der Waals surface area (Å²) in [4.78, 5) is 12.6. The fourth-order valence-electron chi connectivity index (χ4n) is 2.55. The Balaban J connectivity index is 2.06. The van der Waals surface area contributed by atoms with Crippen LogP contribution in [0.25, 0.3) is 22.6 Å². The minimum absolute atomic E-state index is 0.132. The highest BCUT2D eigenvalue weighted by atomic mass is 32.2. The number of hydrogen-bond donors (Lipinski definition) is 0. The Morgan fingerprint density at radius 2 is 1.93 bits per heavy atom. The van der Waals surface area contributed by atoms with Crippen molar-refractivity contribution in [2.45, 2.75) is 24.4 Å². The maximum atomic E-state index is 12.9. The van der Waals surface area contributed by atoms with E-state index in [1.165, 1.54) is 18.0 Å². The summed E-state index contributed by atoms with van der Waals surface area (Å²) in [6.07, 6.45) is -4.79. The Morgan fingerprint density at radius 3 is 2.57 bits per heavy atom. The standard InChI is InChI=1S/C17H15F5N4OS/c1-3-28-12-4-9(27-8-14(18)19)6-24-15(12)16-25-10-5-13(17(20,21)22)23-7-11(10)26(16)2/h4-7,14H,3,8H2,1-2H3. The molecule has 0 spiro atoms. The zero-order valence-corrected chi connectivity index (χ0v) is 15.6. The molecule has 3 rings (SSSR count). The van der Waals surface area contributed by atoms with Crippen LogP contribution < -0.4 is 4.74 Å². The average molecular weight is 418 g/mol. The van der Waals surface area contributed by atoms with Crippen LogP contribution >= 0.6 is 11.8 Å². The molecule has 0 atom stereocenters. The number of nitrogens with zero attached hydrogens (tertiary/aromatic N) is 4. The normalized spacial score (nSPS) is 12.1. The van der Waals surface area contributed by atoms with Gasteiger partial charge in [0.2, 0.25) is 0 Å². The second kappa shape index (κ2) is 7.90. The number of fused-ring (bicyclic) bond motifs is 1. The Kier molecular flexibility index (Phi) is 5.73. The maximum absolute atomic E-state index is 12.9. The van der Waals surface area contributed by atoms with Gasteiger partial charge in [0.05, 0.1) is 23.4 Å². The molecule has 5 nitrogen and oxygen atoms in total. The molecule has 150 valence electrons. The average Bonchev–Trinajstić information content (AvgIpc) is 2.96. The van der Waals surface area contributed by atoms with Gasteiger partial charge in [-0.3, -0.25) is 0 Å². The second-order valence-corrected chi connectivity index (χ2v) is 7.01. The van der Waals surface area contributed by atoms with E-state index in [0.29, 0.717) is 27.7 Å². The van der Waals surface area contributed by atoms with Crippen LogP contribution in [0.1, 0.15) is 12.6 Å². The first-order chi connectivity index (χ1) is 13.2.